The molecule has 0 unspecified atom stereocenters. The van der Waals surface area contributed by atoms with E-state index in [1.165, 1.54) is 17.7 Å². The molecule has 0 aliphatic rings. The van der Waals surface area contributed by atoms with Crippen molar-refractivity contribution in [3.8, 4) is 5.75 Å². The zero-order chi connectivity index (χ0) is 11.4. The highest BCUT2D eigenvalue weighted by molar-refractivity contribution is 7.07. The second-order valence-corrected chi connectivity index (χ2v) is 4.04. The third-order valence-electron chi connectivity index (χ3n) is 2.10. The van der Waals surface area contributed by atoms with Crippen molar-refractivity contribution in [3.05, 3.63) is 39.5 Å². The van der Waals surface area contributed by atoms with Gasteiger partial charge in [0.05, 0.1) is 18.9 Å². The van der Waals surface area contributed by atoms with Crippen LogP contribution in [-0.4, -0.2) is 21.1 Å². The first-order chi connectivity index (χ1) is 7.77. The van der Waals surface area contributed by atoms with Crippen LogP contribution in [0.15, 0.2) is 28.9 Å². The molecule has 6 heteroatoms. The molecule has 0 atom stereocenters. The molecule has 84 valence electrons. The monoisotopic (exact) mass is 237 g/mol. The van der Waals surface area contributed by atoms with Crippen molar-refractivity contribution >= 4 is 11.3 Å². The van der Waals surface area contributed by atoms with Gasteiger partial charge in [0.2, 0.25) is 0 Å². The highest BCUT2D eigenvalue weighted by atomic mass is 32.1. The van der Waals surface area contributed by atoms with Gasteiger partial charge in [-0.05, 0) is 6.92 Å². The minimum absolute atomic E-state index is 0.0467. The lowest BCUT2D eigenvalue weighted by Crippen LogP contribution is -2.19. The van der Waals surface area contributed by atoms with Crippen LogP contribution in [0.25, 0.3) is 0 Å². The molecule has 16 heavy (non-hydrogen) atoms. The summed E-state index contributed by atoms with van der Waals surface area (Å²) in [6.45, 7) is 2.89. The first-order valence-corrected chi connectivity index (χ1v) is 5.68. The number of ether oxygens (including phenoxy) is 1. The average molecular weight is 237 g/mol. The summed E-state index contributed by atoms with van der Waals surface area (Å²) in [6, 6.07) is 0. The van der Waals surface area contributed by atoms with Crippen molar-refractivity contribution in [3.63, 3.8) is 0 Å². The van der Waals surface area contributed by atoms with Gasteiger partial charge in [-0.3, -0.25) is 9.36 Å². The first-order valence-electron chi connectivity index (χ1n) is 4.80. The van der Waals surface area contributed by atoms with Crippen LogP contribution < -0.4 is 9.61 Å². The molecule has 2 aromatic rings. The van der Waals surface area contributed by atoms with E-state index in [0.717, 1.165) is 5.69 Å². The Morgan fingerprint density at radius 1 is 1.44 bits per heavy atom. The van der Waals surface area contributed by atoms with E-state index in [-0.39, 0.29) is 4.87 Å². The third kappa shape index (κ3) is 2.46. The summed E-state index contributed by atoms with van der Waals surface area (Å²) in [5, 5.41) is 1.84. The molecule has 0 aliphatic carbocycles. The summed E-state index contributed by atoms with van der Waals surface area (Å²) < 4.78 is 7.10. The van der Waals surface area contributed by atoms with Gasteiger partial charge in [-0.2, -0.15) is 0 Å². The summed E-state index contributed by atoms with van der Waals surface area (Å²) in [5.41, 5.74) is 0.961. The zero-order valence-corrected chi connectivity index (χ0v) is 9.61. The highest BCUT2D eigenvalue weighted by Gasteiger charge is 2.02. The number of aryl methyl sites for hydroxylation is 1. The topological polar surface area (TPSA) is 57.0 Å². The molecule has 0 amide bonds. The molecule has 0 radical (unpaired) electrons. The Kier molecular flexibility index (Phi) is 3.31. The molecule has 0 aromatic carbocycles. The minimum Gasteiger partial charge on any atom is -0.488 e. The van der Waals surface area contributed by atoms with Crippen molar-refractivity contribution in [1.29, 1.82) is 0 Å². The third-order valence-corrected chi connectivity index (χ3v) is 2.98. The van der Waals surface area contributed by atoms with Gasteiger partial charge in [0, 0.05) is 11.1 Å². The van der Waals surface area contributed by atoms with E-state index < -0.39 is 0 Å². The van der Waals surface area contributed by atoms with E-state index in [9.17, 15) is 4.79 Å². The molecule has 5 nitrogen and oxygen atoms in total. The molecule has 0 N–H and O–H groups in total. The van der Waals surface area contributed by atoms with Gasteiger partial charge in [-0.15, -0.1) is 0 Å². The lowest BCUT2D eigenvalue weighted by molar-refractivity contribution is 0.294. The maximum atomic E-state index is 11.4. The largest absolute Gasteiger partial charge is 0.488 e. The minimum atomic E-state index is 0.0467. The molecule has 0 bridgehead atoms. The normalized spacial score (nSPS) is 10.3. The smallest absolute Gasteiger partial charge is 0.307 e. The molecule has 2 heterocycles. The molecule has 0 aliphatic heterocycles. The highest BCUT2D eigenvalue weighted by Crippen LogP contribution is 2.04. The second-order valence-electron chi connectivity index (χ2n) is 3.22. The van der Waals surface area contributed by atoms with Crippen LogP contribution in [-0.2, 0) is 6.54 Å². The van der Waals surface area contributed by atoms with Gasteiger partial charge >= 0.3 is 4.87 Å². The number of hydrogen-bond donors (Lipinski definition) is 0. The van der Waals surface area contributed by atoms with Crippen LogP contribution in [0.4, 0.5) is 0 Å². The molecule has 0 saturated carbocycles. The first kappa shape index (κ1) is 10.8. The Morgan fingerprint density at radius 3 is 2.81 bits per heavy atom. The zero-order valence-electron chi connectivity index (χ0n) is 8.79. The summed E-state index contributed by atoms with van der Waals surface area (Å²) in [7, 11) is 0. The van der Waals surface area contributed by atoms with Crippen molar-refractivity contribution in [2.75, 3.05) is 6.61 Å². The summed E-state index contributed by atoms with van der Waals surface area (Å²) in [5.74, 6) is 0.614. The van der Waals surface area contributed by atoms with Gasteiger partial charge < -0.3 is 4.74 Å². The lowest BCUT2D eigenvalue weighted by Gasteiger charge is -2.06. The van der Waals surface area contributed by atoms with E-state index in [1.807, 2.05) is 12.3 Å². The molecule has 2 rings (SSSR count). The van der Waals surface area contributed by atoms with Crippen LogP contribution in [0.1, 0.15) is 5.69 Å². The average Bonchev–Trinajstić information content (AvgIpc) is 2.62. The molecular weight excluding hydrogens is 226 g/mol. The molecule has 0 spiro atoms. The van der Waals surface area contributed by atoms with E-state index in [0.29, 0.717) is 18.9 Å². The maximum Gasteiger partial charge on any atom is 0.307 e. The Bertz CT molecular complexity index is 506. The fourth-order valence-electron chi connectivity index (χ4n) is 1.29. The lowest BCUT2D eigenvalue weighted by atomic mass is 10.5. The van der Waals surface area contributed by atoms with Gasteiger partial charge in [0.15, 0.2) is 5.75 Å². The van der Waals surface area contributed by atoms with Gasteiger partial charge in [0.1, 0.15) is 12.9 Å². The van der Waals surface area contributed by atoms with Gasteiger partial charge in [0.25, 0.3) is 0 Å². The van der Waals surface area contributed by atoms with Crippen LogP contribution >= 0.6 is 11.3 Å². The van der Waals surface area contributed by atoms with Crippen LogP contribution in [0.5, 0.6) is 5.75 Å². The summed E-state index contributed by atoms with van der Waals surface area (Å²) in [4.78, 5) is 19.1. The quantitative estimate of drug-likeness (QED) is 0.798. The predicted molar refractivity (Wildman–Crippen MR) is 60.8 cm³/mol. The number of thiazole rings is 1. The standard InChI is InChI=1S/C10H11N3O2S/c1-8-6-16-10(14)13(8)2-3-15-9-4-11-7-12-5-9/h4-7H,2-3H2,1H3. The second kappa shape index (κ2) is 4.89. The fourth-order valence-corrected chi connectivity index (χ4v) is 2.05. The van der Waals surface area contributed by atoms with Crippen LogP contribution in [0.3, 0.4) is 0 Å². The molecule has 0 fully saturated rings. The van der Waals surface area contributed by atoms with Crippen molar-refractivity contribution in [2.45, 2.75) is 13.5 Å². The SMILES string of the molecule is Cc1csc(=O)n1CCOc1cncnc1. The Morgan fingerprint density at radius 2 is 2.19 bits per heavy atom. The number of hydrogen-bond acceptors (Lipinski definition) is 5. The van der Waals surface area contributed by atoms with E-state index in [4.69, 9.17) is 4.74 Å². The maximum absolute atomic E-state index is 11.4. The number of rotatable bonds is 4. The summed E-state index contributed by atoms with van der Waals surface area (Å²) >= 11 is 1.20. The Balaban J connectivity index is 1.92. The molecule has 2 aromatic heterocycles. The predicted octanol–water partition coefficient (Wildman–Crippen LogP) is 1.09. The van der Waals surface area contributed by atoms with Crippen LogP contribution in [0, 0.1) is 6.92 Å². The van der Waals surface area contributed by atoms with Crippen molar-refractivity contribution in [2.24, 2.45) is 0 Å². The van der Waals surface area contributed by atoms with Crippen molar-refractivity contribution in [1.82, 2.24) is 14.5 Å². The van der Waals surface area contributed by atoms with Gasteiger partial charge in [-0.1, -0.05) is 11.3 Å². The molecule has 0 saturated heterocycles. The van der Waals surface area contributed by atoms with Gasteiger partial charge in [-0.25, -0.2) is 9.97 Å². The van der Waals surface area contributed by atoms with E-state index in [2.05, 4.69) is 9.97 Å². The Labute approximate surface area is 96.4 Å². The molecular formula is C10H11N3O2S. The number of nitrogens with zero attached hydrogens (tertiary/aromatic N) is 3. The number of aromatic nitrogens is 3. The summed E-state index contributed by atoms with van der Waals surface area (Å²) in [6.07, 6.45) is 4.63. The van der Waals surface area contributed by atoms with E-state index >= 15 is 0 Å². The van der Waals surface area contributed by atoms with Crippen molar-refractivity contribution < 1.29 is 4.74 Å². The van der Waals surface area contributed by atoms with Crippen LogP contribution in [0.2, 0.25) is 0 Å². The Hall–Kier alpha value is -1.69. The van der Waals surface area contributed by atoms with E-state index in [1.54, 1.807) is 17.0 Å². The fraction of sp³-hybridized carbons (Fsp3) is 0.300.